The molecular weight excluding hydrogens is 661 g/mol. The topological polar surface area (TPSA) is 163 Å². The molecule has 0 saturated carbocycles. The summed E-state index contributed by atoms with van der Waals surface area (Å²) < 4.78 is 47.5. The predicted octanol–water partition coefficient (Wildman–Crippen LogP) is 2.32. The molecule has 6 rings (SSSR count). The first kappa shape index (κ1) is 33.0. The lowest BCUT2D eigenvalue weighted by Crippen LogP contribution is -2.51. The summed E-state index contributed by atoms with van der Waals surface area (Å²) in [6, 6.07) is 2.61. The molecule has 19 heteroatoms. The van der Waals surface area contributed by atoms with Gasteiger partial charge in [-0.2, -0.15) is 22.7 Å². The number of amides is 2. The quantitative estimate of drug-likeness (QED) is 0.293. The third-order valence-electron chi connectivity index (χ3n) is 8.15. The van der Waals surface area contributed by atoms with Crippen LogP contribution in [0.25, 0.3) is 5.78 Å². The Morgan fingerprint density at radius 1 is 1.10 bits per heavy atom. The van der Waals surface area contributed by atoms with Gasteiger partial charge in [0.15, 0.2) is 11.4 Å². The highest BCUT2D eigenvalue weighted by molar-refractivity contribution is 6.33. The number of hydrogen-bond acceptors (Lipinski definition) is 11. The summed E-state index contributed by atoms with van der Waals surface area (Å²) in [5, 5.41) is 17.0. The van der Waals surface area contributed by atoms with Crippen molar-refractivity contribution in [2.24, 2.45) is 0 Å². The van der Waals surface area contributed by atoms with Crippen LogP contribution in [-0.2, 0) is 28.7 Å². The van der Waals surface area contributed by atoms with Crippen molar-refractivity contribution in [1.82, 2.24) is 34.0 Å². The largest absolute Gasteiger partial charge is 0.504 e. The number of fused-ring (bicyclic) bond motifs is 1. The zero-order chi connectivity index (χ0) is 34.3. The Morgan fingerprint density at radius 2 is 1.85 bits per heavy atom. The van der Waals surface area contributed by atoms with E-state index in [0.29, 0.717) is 18.8 Å². The van der Waals surface area contributed by atoms with Gasteiger partial charge in [-0.25, -0.2) is 9.97 Å². The fraction of sp³-hybridized carbons (Fsp3) is 0.414. The third-order valence-corrected chi connectivity index (χ3v) is 8.46. The Bertz CT molecular complexity index is 1950. The number of anilines is 3. The van der Waals surface area contributed by atoms with E-state index in [9.17, 15) is 32.7 Å². The van der Waals surface area contributed by atoms with Gasteiger partial charge in [-0.3, -0.25) is 14.4 Å². The zero-order valence-corrected chi connectivity index (χ0v) is 26.5. The van der Waals surface area contributed by atoms with Gasteiger partial charge in [0.05, 0.1) is 34.3 Å². The molecule has 5 heterocycles. The minimum atomic E-state index is -4.61. The molecule has 254 valence electrons. The minimum absolute atomic E-state index is 0.0212. The number of rotatable bonds is 7. The van der Waals surface area contributed by atoms with Crippen molar-refractivity contribution in [1.29, 1.82) is 0 Å². The highest BCUT2D eigenvalue weighted by Gasteiger charge is 2.32. The van der Waals surface area contributed by atoms with Crippen LogP contribution in [0.2, 0.25) is 5.02 Å². The van der Waals surface area contributed by atoms with E-state index in [1.165, 1.54) is 15.8 Å². The molecule has 2 fully saturated rings. The van der Waals surface area contributed by atoms with Gasteiger partial charge in [0.25, 0.3) is 11.5 Å². The number of aromatic nitrogens is 6. The molecule has 0 unspecified atom stereocenters. The van der Waals surface area contributed by atoms with E-state index < -0.39 is 29.1 Å². The normalized spacial score (nSPS) is 15.4. The first-order chi connectivity index (χ1) is 22.9. The third kappa shape index (κ3) is 6.19. The minimum Gasteiger partial charge on any atom is -0.504 e. The zero-order valence-electron chi connectivity index (χ0n) is 25.8. The van der Waals surface area contributed by atoms with Gasteiger partial charge in [0.2, 0.25) is 17.6 Å². The van der Waals surface area contributed by atoms with E-state index in [4.69, 9.17) is 16.3 Å². The Labute approximate surface area is 275 Å². The summed E-state index contributed by atoms with van der Waals surface area (Å²) >= 11 is 6.09. The summed E-state index contributed by atoms with van der Waals surface area (Å²) in [7, 11) is 0. The van der Waals surface area contributed by atoms with Gasteiger partial charge < -0.3 is 34.4 Å². The molecule has 0 atom stereocenters. The SMILES string of the molecule is CCc1c(N2CCN(C(=O)c3ncnc(C)c3O)CC2)c(=O)n2nc(N3CCOC3)nc2n1CC(=O)Nc1ccc(C(F)(F)F)cc1Cl. The van der Waals surface area contributed by atoms with Gasteiger partial charge in [0, 0.05) is 32.7 Å². The molecule has 3 aromatic heterocycles. The van der Waals surface area contributed by atoms with Crippen LogP contribution in [0.4, 0.5) is 30.5 Å². The number of benzene rings is 1. The number of aromatic hydroxyl groups is 1. The number of piperazine rings is 1. The first-order valence-electron chi connectivity index (χ1n) is 14.9. The molecule has 2 amide bonds. The Kier molecular flexibility index (Phi) is 8.86. The monoisotopic (exact) mass is 690 g/mol. The number of alkyl halides is 3. The van der Waals surface area contributed by atoms with Crippen LogP contribution < -0.4 is 20.7 Å². The van der Waals surface area contributed by atoms with Crippen molar-refractivity contribution in [2.45, 2.75) is 33.0 Å². The second kappa shape index (κ2) is 12.9. The molecule has 1 aromatic carbocycles. The maximum atomic E-state index is 14.1. The lowest BCUT2D eigenvalue weighted by Gasteiger charge is -2.36. The van der Waals surface area contributed by atoms with Crippen molar-refractivity contribution in [2.75, 3.05) is 61.2 Å². The average molecular weight is 691 g/mol. The number of nitrogens with one attached hydrogen (secondary N) is 1. The van der Waals surface area contributed by atoms with E-state index in [1.807, 2.05) is 6.92 Å². The molecule has 2 aliphatic rings. The van der Waals surface area contributed by atoms with E-state index in [-0.39, 0.29) is 91.1 Å². The molecule has 0 aliphatic carbocycles. The summed E-state index contributed by atoms with van der Waals surface area (Å²) in [6.07, 6.45) is -3.12. The molecule has 4 aromatic rings. The van der Waals surface area contributed by atoms with Crippen LogP contribution in [-0.4, -0.2) is 97.0 Å². The Balaban J connectivity index is 1.33. The summed E-state index contributed by atoms with van der Waals surface area (Å²) in [4.78, 5) is 58.1. The van der Waals surface area contributed by atoms with Crippen LogP contribution >= 0.6 is 11.6 Å². The maximum absolute atomic E-state index is 14.1. The van der Waals surface area contributed by atoms with E-state index >= 15 is 0 Å². The number of ether oxygens (including phenoxy) is 1. The predicted molar refractivity (Wildman–Crippen MR) is 166 cm³/mol. The van der Waals surface area contributed by atoms with Gasteiger partial charge in [0.1, 0.15) is 25.3 Å². The summed E-state index contributed by atoms with van der Waals surface area (Å²) in [6.45, 7) is 4.99. The van der Waals surface area contributed by atoms with Crippen molar-refractivity contribution in [3.8, 4) is 5.75 Å². The van der Waals surface area contributed by atoms with Crippen LogP contribution in [0.5, 0.6) is 5.75 Å². The fourth-order valence-electron chi connectivity index (χ4n) is 5.66. The maximum Gasteiger partial charge on any atom is 0.416 e. The smallest absolute Gasteiger partial charge is 0.416 e. The molecule has 0 spiro atoms. The molecule has 0 bridgehead atoms. The second-order valence-corrected chi connectivity index (χ2v) is 11.5. The lowest BCUT2D eigenvalue weighted by atomic mass is 10.2. The number of nitrogens with zero attached hydrogens (tertiary/aromatic N) is 9. The van der Waals surface area contributed by atoms with Crippen LogP contribution in [0.3, 0.4) is 0 Å². The highest BCUT2D eigenvalue weighted by Crippen LogP contribution is 2.34. The molecular formula is C29H30ClF3N10O5. The molecule has 2 saturated heterocycles. The van der Waals surface area contributed by atoms with Crippen LogP contribution in [0, 0.1) is 6.92 Å². The standard InChI is InChI=1S/C29H30ClF3N10O5/c1-3-20-23(39-6-8-40(9-7-39)25(46)22-24(45)16(2)34-14-35-22)26(47)43-28(37-27(38-43)41-10-11-48-15-41)42(20)13-21(44)36-19-5-4-17(12-18(19)30)29(31,32)33/h4-5,12,14,45H,3,6-11,13,15H2,1-2H3,(H,36,44). The number of halogens is 4. The van der Waals surface area contributed by atoms with Gasteiger partial charge >= 0.3 is 6.18 Å². The Morgan fingerprint density at radius 3 is 2.50 bits per heavy atom. The van der Waals surface area contributed by atoms with Crippen molar-refractivity contribution in [3.63, 3.8) is 0 Å². The van der Waals surface area contributed by atoms with Gasteiger partial charge in [-0.05, 0) is 31.5 Å². The van der Waals surface area contributed by atoms with E-state index in [1.54, 1.807) is 16.7 Å². The van der Waals surface area contributed by atoms with E-state index in [2.05, 4.69) is 25.4 Å². The number of hydrogen-bond donors (Lipinski definition) is 2. The molecule has 15 nitrogen and oxygen atoms in total. The number of carbonyl (C=O) groups excluding carboxylic acids is 2. The summed E-state index contributed by atoms with van der Waals surface area (Å²) in [5.41, 5.74) is -0.592. The van der Waals surface area contributed by atoms with Crippen LogP contribution in [0.1, 0.15) is 34.4 Å². The van der Waals surface area contributed by atoms with E-state index in [0.717, 1.165) is 22.7 Å². The Hall–Kier alpha value is -4.97. The number of aryl methyl sites for hydroxylation is 1. The average Bonchev–Trinajstić information content (AvgIpc) is 3.75. The van der Waals surface area contributed by atoms with Gasteiger partial charge in [-0.1, -0.05) is 18.5 Å². The second-order valence-electron chi connectivity index (χ2n) is 11.1. The van der Waals surface area contributed by atoms with Crippen LogP contribution in [0.15, 0.2) is 29.3 Å². The number of carbonyl (C=O) groups is 2. The van der Waals surface area contributed by atoms with Gasteiger partial charge in [-0.15, -0.1) is 5.10 Å². The molecule has 2 N–H and O–H groups in total. The molecule has 0 radical (unpaired) electrons. The molecule has 48 heavy (non-hydrogen) atoms. The first-order valence-corrected chi connectivity index (χ1v) is 15.3. The molecule has 2 aliphatic heterocycles. The highest BCUT2D eigenvalue weighted by atomic mass is 35.5. The lowest BCUT2D eigenvalue weighted by molar-refractivity contribution is -0.137. The fourth-order valence-corrected chi connectivity index (χ4v) is 5.88. The summed E-state index contributed by atoms with van der Waals surface area (Å²) in [5.74, 6) is -1.10. The van der Waals surface area contributed by atoms with Crippen molar-refractivity contribution >= 4 is 46.5 Å². The van der Waals surface area contributed by atoms with Crippen molar-refractivity contribution < 1.29 is 32.6 Å². The van der Waals surface area contributed by atoms with Crippen molar-refractivity contribution in [3.05, 3.63) is 62.5 Å².